The summed E-state index contributed by atoms with van der Waals surface area (Å²) in [5, 5.41) is 6.04. The minimum atomic E-state index is -4.52. The number of hydrogen-bond donors (Lipinski definition) is 1. The minimum absolute atomic E-state index is 0.0464. The van der Waals surface area contributed by atoms with E-state index in [2.05, 4.69) is 20.0 Å². The van der Waals surface area contributed by atoms with Crippen molar-refractivity contribution in [2.75, 3.05) is 13.1 Å². The van der Waals surface area contributed by atoms with E-state index in [9.17, 15) is 13.2 Å². The first-order chi connectivity index (χ1) is 7.07. The maximum atomic E-state index is 12.2. The van der Waals surface area contributed by atoms with Crippen LogP contribution in [0.5, 0.6) is 0 Å². The summed E-state index contributed by atoms with van der Waals surface area (Å²) in [6, 6.07) is 0. The molecule has 2 heterocycles. The number of nitrogens with zero attached hydrogens (tertiary/aromatic N) is 2. The van der Waals surface area contributed by atoms with Crippen molar-refractivity contribution in [3.8, 4) is 0 Å². The van der Waals surface area contributed by atoms with Crippen LogP contribution in [0.2, 0.25) is 0 Å². The van der Waals surface area contributed by atoms with Crippen molar-refractivity contribution in [2.45, 2.75) is 24.9 Å². The molecule has 84 valence electrons. The van der Waals surface area contributed by atoms with Gasteiger partial charge in [0.15, 0.2) is 0 Å². The van der Waals surface area contributed by atoms with Gasteiger partial charge in [-0.1, -0.05) is 5.16 Å². The Labute approximate surface area is 83.8 Å². The van der Waals surface area contributed by atoms with Gasteiger partial charge in [0, 0.05) is 5.92 Å². The summed E-state index contributed by atoms with van der Waals surface area (Å²) in [5.74, 6) is -1.13. The van der Waals surface area contributed by atoms with Gasteiger partial charge in [-0.3, -0.25) is 0 Å². The molecule has 1 aromatic rings. The number of halogens is 3. The lowest BCUT2D eigenvalue weighted by atomic mass is 9.98. The van der Waals surface area contributed by atoms with Crippen LogP contribution in [0.15, 0.2) is 4.52 Å². The summed E-state index contributed by atoms with van der Waals surface area (Å²) < 4.78 is 41.1. The summed E-state index contributed by atoms with van der Waals surface area (Å²) in [6.07, 6.45) is -3.05. The summed E-state index contributed by atoms with van der Waals surface area (Å²) in [4.78, 5) is 3.37. The first-order valence-electron chi connectivity index (χ1n) is 4.69. The minimum Gasteiger partial charge on any atom is -0.339 e. The van der Waals surface area contributed by atoms with Crippen LogP contribution >= 0.6 is 0 Å². The monoisotopic (exact) mass is 221 g/mol. The summed E-state index contributed by atoms with van der Waals surface area (Å²) in [7, 11) is 0. The van der Waals surface area contributed by atoms with Crippen LogP contribution < -0.4 is 5.32 Å². The molecule has 1 saturated heterocycles. The Kier molecular flexibility index (Phi) is 2.64. The van der Waals surface area contributed by atoms with Gasteiger partial charge in [-0.25, -0.2) is 0 Å². The first kappa shape index (κ1) is 10.4. The maximum absolute atomic E-state index is 12.2. The molecule has 0 unspecified atom stereocenters. The average Bonchev–Trinajstić information content (AvgIpc) is 2.67. The lowest BCUT2D eigenvalue weighted by Crippen LogP contribution is -2.26. The van der Waals surface area contributed by atoms with Gasteiger partial charge in [0.25, 0.3) is 5.82 Å². The predicted molar refractivity (Wildman–Crippen MR) is 44.1 cm³/mol. The maximum Gasteiger partial charge on any atom is 0.455 e. The van der Waals surface area contributed by atoms with Crippen molar-refractivity contribution in [3.63, 3.8) is 0 Å². The first-order valence-corrected chi connectivity index (χ1v) is 4.69. The Hall–Kier alpha value is -1.11. The molecule has 0 bridgehead atoms. The molecular weight excluding hydrogens is 211 g/mol. The molecular formula is C8H10F3N3O. The summed E-state index contributed by atoms with van der Waals surface area (Å²) >= 11 is 0. The van der Waals surface area contributed by atoms with Crippen molar-refractivity contribution in [1.82, 2.24) is 15.5 Å². The number of aromatic nitrogens is 2. The highest BCUT2D eigenvalue weighted by Crippen LogP contribution is 2.29. The van der Waals surface area contributed by atoms with E-state index in [1.165, 1.54) is 0 Å². The van der Waals surface area contributed by atoms with E-state index in [-0.39, 0.29) is 11.8 Å². The SMILES string of the molecule is FC(F)(F)c1noc(C2CCNCC2)n1. The lowest BCUT2D eigenvalue weighted by Gasteiger charge is -2.18. The van der Waals surface area contributed by atoms with Crippen molar-refractivity contribution in [3.05, 3.63) is 11.7 Å². The van der Waals surface area contributed by atoms with Gasteiger partial charge in [-0.2, -0.15) is 18.2 Å². The Balaban J connectivity index is 2.12. The highest BCUT2D eigenvalue weighted by Gasteiger charge is 2.38. The highest BCUT2D eigenvalue weighted by molar-refractivity contribution is 4.98. The molecule has 7 heteroatoms. The Morgan fingerprint density at radius 2 is 1.93 bits per heavy atom. The molecule has 1 fully saturated rings. The van der Waals surface area contributed by atoms with Gasteiger partial charge in [0.1, 0.15) is 0 Å². The number of alkyl halides is 3. The Morgan fingerprint density at radius 1 is 1.27 bits per heavy atom. The second kappa shape index (κ2) is 3.80. The van der Waals surface area contributed by atoms with E-state index < -0.39 is 12.0 Å². The van der Waals surface area contributed by atoms with Gasteiger partial charge in [-0.15, -0.1) is 0 Å². The zero-order chi connectivity index (χ0) is 10.9. The smallest absolute Gasteiger partial charge is 0.339 e. The molecule has 1 aromatic heterocycles. The molecule has 0 saturated carbocycles. The molecule has 0 atom stereocenters. The van der Waals surface area contributed by atoms with Crippen LogP contribution in [-0.2, 0) is 6.18 Å². The zero-order valence-corrected chi connectivity index (χ0v) is 7.84. The largest absolute Gasteiger partial charge is 0.455 e. The summed E-state index contributed by atoms with van der Waals surface area (Å²) in [6.45, 7) is 1.54. The summed E-state index contributed by atoms with van der Waals surface area (Å²) in [5.41, 5.74) is 0. The Morgan fingerprint density at radius 3 is 2.47 bits per heavy atom. The normalized spacial score (nSPS) is 19.4. The van der Waals surface area contributed by atoms with E-state index in [4.69, 9.17) is 0 Å². The second-order valence-electron chi connectivity index (χ2n) is 3.48. The fourth-order valence-corrected chi connectivity index (χ4v) is 1.59. The Bertz CT molecular complexity index is 330. The fourth-order valence-electron chi connectivity index (χ4n) is 1.59. The van der Waals surface area contributed by atoms with Crippen molar-refractivity contribution < 1.29 is 17.7 Å². The molecule has 0 radical (unpaired) electrons. The van der Waals surface area contributed by atoms with E-state index >= 15 is 0 Å². The number of rotatable bonds is 1. The van der Waals surface area contributed by atoms with Gasteiger partial charge in [0.05, 0.1) is 0 Å². The standard InChI is InChI=1S/C8H10F3N3O/c9-8(10,11)7-13-6(15-14-7)5-1-3-12-4-2-5/h5,12H,1-4H2. The third kappa shape index (κ3) is 2.28. The van der Waals surface area contributed by atoms with Crippen LogP contribution in [0.3, 0.4) is 0 Å². The van der Waals surface area contributed by atoms with Crippen LogP contribution in [0.4, 0.5) is 13.2 Å². The van der Waals surface area contributed by atoms with E-state index in [0.29, 0.717) is 0 Å². The fraction of sp³-hybridized carbons (Fsp3) is 0.750. The van der Waals surface area contributed by atoms with Gasteiger partial charge in [-0.05, 0) is 25.9 Å². The van der Waals surface area contributed by atoms with Gasteiger partial charge >= 0.3 is 6.18 Å². The van der Waals surface area contributed by atoms with Crippen LogP contribution in [-0.4, -0.2) is 23.2 Å². The average molecular weight is 221 g/mol. The molecule has 1 aliphatic rings. The van der Waals surface area contributed by atoms with Crippen molar-refractivity contribution in [2.24, 2.45) is 0 Å². The zero-order valence-electron chi connectivity index (χ0n) is 7.84. The van der Waals surface area contributed by atoms with Crippen LogP contribution in [0, 0.1) is 0 Å². The van der Waals surface area contributed by atoms with E-state index in [0.717, 1.165) is 25.9 Å². The molecule has 0 amide bonds. The van der Waals surface area contributed by atoms with Gasteiger partial charge in [0.2, 0.25) is 5.89 Å². The third-order valence-corrected chi connectivity index (χ3v) is 2.38. The highest BCUT2D eigenvalue weighted by atomic mass is 19.4. The molecule has 0 spiro atoms. The molecule has 1 N–H and O–H groups in total. The molecule has 4 nitrogen and oxygen atoms in total. The quantitative estimate of drug-likeness (QED) is 0.781. The number of piperidine rings is 1. The van der Waals surface area contributed by atoms with Gasteiger partial charge < -0.3 is 9.84 Å². The van der Waals surface area contributed by atoms with Crippen molar-refractivity contribution >= 4 is 0 Å². The second-order valence-corrected chi connectivity index (χ2v) is 3.48. The lowest BCUT2D eigenvalue weighted by molar-refractivity contribution is -0.146. The van der Waals surface area contributed by atoms with Crippen LogP contribution in [0.25, 0.3) is 0 Å². The molecule has 2 rings (SSSR count). The molecule has 0 aliphatic carbocycles. The van der Waals surface area contributed by atoms with Crippen LogP contribution in [0.1, 0.15) is 30.5 Å². The topological polar surface area (TPSA) is 51.0 Å². The number of hydrogen-bond acceptors (Lipinski definition) is 4. The molecule has 15 heavy (non-hydrogen) atoms. The number of nitrogens with one attached hydrogen (secondary N) is 1. The van der Waals surface area contributed by atoms with E-state index in [1.54, 1.807) is 0 Å². The van der Waals surface area contributed by atoms with Crippen molar-refractivity contribution in [1.29, 1.82) is 0 Å². The molecule has 1 aliphatic heterocycles. The van der Waals surface area contributed by atoms with E-state index in [1.807, 2.05) is 0 Å². The molecule has 0 aromatic carbocycles. The third-order valence-electron chi connectivity index (χ3n) is 2.38. The predicted octanol–water partition coefficient (Wildman–Crippen LogP) is 1.56.